The third kappa shape index (κ3) is 3.70. The highest BCUT2D eigenvalue weighted by molar-refractivity contribution is 8.11. The largest absolute Gasteiger partial charge is 0.497 e. The molecular weight excluding hydrogens is 238 g/mol. The minimum Gasteiger partial charge on any atom is -0.497 e. The Morgan fingerprint density at radius 3 is 2.67 bits per heavy atom. The van der Waals surface area contributed by atoms with Gasteiger partial charge in [0.1, 0.15) is 5.75 Å². The molecule has 0 radical (unpaired) electrons. The molecule has 0 N–H and O–H groups in total. The lowest BCUT2D eigenvalue weighted by molar-refractivity contribution is 0.413. The summed E-state index contributed by atoms with van der Waals surface area (Å²) in [5, 5.41) is 0. The van der Waals surface area contributed by atoms with Gasteiger partial charge in [-0.3, -0.25) is 0 Å². The van der Waals surface area contributed by atoms with Crippen molar-refractivity contribution in [1.29, 1.82) is 0 Å². The normalized spacial score (nSPS) is 11.7. The molecule has 6 heteroatoms. The zero-order valence-corrected chi connectivity index (χ0v) is 10.0. The van der Waals surface area contributed by atoms with Crippen LogP contribution in [0, 0.1) is 0 Å². The Morgan fingerprint density at radius 2 is 2.13 bits per heavy atom. The number of halogens is 1. The highest BCUT2D eigenvalue weighted by atomic mass is 35.7. The first-order valence-corrected chi connectivity index (χ1v) is 6.49. The smallest absolute Gasteiger partial charge is 0.299 e. The maximum absolute atomic E-state index is 11.0. The summed E-state index contributed by atoms with van der Waals surface area (Å²) in [7, 11) is 4.49. The molecule has 1 aromatic carbocycles. The van der Waals surface area contributed by atoms with E-state index in [0.29, 0.717) is 5.75 Å². The van der Waals surface area contributed by atoms with Gasteiger partial charge in [0.15, 0.2) is 0 Å². The summed E-state index contributed by atoms with van der Waals surface area (Å²) in [6.07, 6.45) is 0. The predicted molar refractivity (Wildman–Crippen MR) is 59.2 cm³/mol. The molecule has 0 aliphatic rings. The highest BCUT2D eigenvalue weighted by Gasteiger charge is 2.13. The van der Waals surface area contributed by atoms with Crippen LogP contribution in [-0.2, 0) is 15.8 Å². The van der Waals surface area contributed by atoms with E-state index in [-0.39, 0.29) is 6.54 Å². The maximum Gasteiger partial charge on any atom is 0.299 e. The highest BCUT2D eigenvalue weighted by Crippen LogP contribution is 2.15. The van der Waals surface area contributed by atoms with Crippen LogP contribution in [0.2, 0.25) is 0 Å². The summed E-state index contributed by atoms with van der Waals surface area (Å²) < 4.78 is 28.0. The Labute approximate surface area is 94.0 Å². The van der Waals surface area contributed by atoms with E-state index in [9.17, 15) is 8.42 Å². The minimum absolute atomic E-state index is 0.225. The molecule has 1 aromatic rings. The van der Waals surface area contributed by atoms with Crippen LogP contribution in [0.4, 0.5) is 0 Å². The van der Waals surface area contributed by atoms with E-state index in [1.54, 1.807) is 31.4 Å². The molecule has 0 unspecified atom stereocenters. The second-order valence-corrected chi connectivity index (χ2v) is 5.67. The average molecular weight is 250 g/mol. The monoisotopic (exact) mass is 249 g/mol. The van der Waals surface area contributed by atoms with E-state index in [1.807, 2.05) is 0 Å². The summed E-state index contributed by atoms with van der Waals surface area (Å²) in [4.78, 5) is 0. The van der Waals surface area contributed by atoms with Crippen molar-refractivity contribution in [3.8, 4) is 5.75 Å². The summed E-state index contributed by atoms with van der Waals surface area (Å²) in [5.41, 5.74) is 0.820. The Hall–Kier alpha value is -0.780. The van der Waals surface area contributed by atoms with Gasteiger partial charge in [-0.1, -0.05) is 12.1 Å². The lowest BCUT2D eigenvalue weighted by Gasteiger charge is -2.12. The third-order valence-corrected chi connectivity index (χ3v) is 3.49. The molecule has 0 aliphatic heterocycles. The fourth-order valence-corrected chi connectivity index (χ4v) is 1.55. The van der Waals surface area contributed by atoms with Crippen molar-refractivity contribution in [3.63, 3.8) is 0 Å². The van der Waals surface area contributed by atoms with Crippen molar-refractivity contribution in [1.82, 2.24) is 4.31 Å². The lowest BCUT2D eigenvalue weighted by Crippen LogP contribution is -2.21. The van der Waals surface area contributed by atoms with Gasteiger partial charge in [-0.2, -0.15) is 12.7 Å². The molecule has 0 aromatic heterocycles. The minimum atomic E-state index is -3.66. The Balaban J connectivity index is 2.81. The summed E-state index contributed by atoms with van der Waals surface area (Å²) >= 11 is 0. The van der Waals surface area contributed by atoms with Gasteiger partial charge in [0.2, 0.25) is 0 Å². The molecule has 0 saturated carbocycles. The molecule has 0 atom stereocenters. The van der Waals surface area contributed by atoms with E-state index in [1.165, 1.54) is 7.05 Å². The Morgan fingerprint density at radius 1 is 1.47 bits per heavy atom. The van der Waals surface area contributed by atoms with Gasteiger partial charge in [0.25, 0.3) is 9.24 Å². The van der Waals surface area contributed by atoms with E-state index >= 15 is 0 Å². The van der Waals surface area contributed by atoms with Crippen molar-refractivity contribution >= 4 is 19.9 Å². The van der Waals surface area contributed by atoms with E-state index in [4.69, 9.17) is 15.4 Å². The van der Waals surface area contributed by atoms with E-state index < -0.39 is 9.24 Å². The van der Waals surface area contributed by atoms with Crippen LogP contribution in [0.3, 0.4) is 0 Å². The second-order valence-electron chi connectivity index (χ2n) is 3.05. The molecule has 0 heterocycles. The first-order valence-electron chi connectivity index (χ1n) is 4.22. The molecule has 0 aliphatic carbocycles. The Bertz CT molecular complexity index is 433. The first kappa shape index (κ1) is 12.3. The van der Waals surface area contributed by atoms with Crippen molar-refractivity contribution in [2.24, 2.45) is 0 Å². The molecule has 0 bridgehead atoms. The molecule has 0 amide bonds. The number of nitrogens with zero attached hydrogens (tertiary/aromatic N) is 1. The predicted octanol–water partition coefficient (Wildman–Crippen LogP) is 1.61. The zero-order chi connectivity index (χ0) is 11.5. The van der Waals surface area contributed by atoms with Gasteiger partial charge < -0.3 is 4.74 Å². The van der Waals surface area contributed by atoms with Gasteiger partial charge in [0, 0.05) is 24.3 Å². The number of ether oxygens (including phenoxy) is 1. The van der Waals surface area contributed by atoms with Crippen LogP contribution in [0.25, 0.3) is 0 Å². The lowest BCUT2D eigenvalue weighted by atomic mass is 10.2. The number of hydrogen-bond donors (Lipinski definition) is 0. The second kappa shape index (κ2) is 4.83. The summed E-state index contributed by atoms with van der Waals surface area (Å²) in [6, 6.07) is 7.15. The average Bonchev–Trinajstić information content (AvgIpc) is 2.16. The van der Waals surface area contributed by atoms with Gasteiger partial charge in [-0.25, -0.2) is 0 Å². The van der Waals surface area contributed by atoms with Crippen molar-refractivity contribution in [2.45, 2.75) is 6.54 Å². The number of hydrogen-bond acceptors (Lipinski definition) is 3. The number of methoxy groups -OCH3 is 1. The van der Waals surface area contributed by atoms with Gasteiger partial charge in [0.05, 0.1) is 7.11 Å². The van der Waals surface area contributed by atoms with E-state index in [2.05, 4.69) is 0 Å². The fourth-order valence-electron chi connectivity index (χ4n) is 1.11. The quantitative estimate of drug-likeness (QED) is 0.762. The summed E-state index contributed by atoms with van der Waals surface area (Å²) in [5.74, 6) is 0.688. The van der Waals surface area contributed by atoms with E-state index in [0.717, 1.165) is 9.87 Å². The van der Waals surface area contributed by atoms with Gasteiger partial charge >= 0.3 is 0 Å². The molecular formula is C9H12ClNO3S. The van der Waals surface area contributed by atoms with Crippen LogP contribution in [0.1, 0.15) is 5.56 Å². The van der Waals surface area contributed by atoms with Crippen LogP contribution in [0.15, 0.2) is 24.3 Å². The van der Waals surface area contributed by atoms with Crippen molar-refractivity contribution < 1.29 is 13.2 Å². The maximum atomic E-state index is 11.0. The number of rotatable bonds is 4. The zero-order valence-electron chi connectivity index (χ0n) is 8.47. The topological polar surface area (TPSA) is 46.6 Å². The van der Waals surface area contributed by atoms with Crippen LogP contribution in [0.5, 0.6) is 5.75 Å². The molecule has 84 valence electrons. The third-order valence-electron chi connectivity index (χ3n) is 1.91. The first-order chi connectivity index (χ1) is 6.93. The molecule has 0 fully saturated rings. The molecule has 4 nitrogen and oxygen atoms in total. The van der Waals surface area contributed by atoms with Crippen LogP contribution >= 0.6 is 10.7 Å². The van der Waals surface area contributed by atoms with Crippen molar-refractivity contribution in [2.75, 3.05) is 14.2 Å². The van der Waals surface area contributed by atoms with Crippen molar-refractivity contribution in [3.05, 3.63) is 29.8 Å². The summed E-state index contributed by atoms with van der Waals surface area (Å²) in [6.45, 7) is 0.225. The fraction of sp³-hybridized carbons (Fsp3) is 0.333. The van der Waals surface area contributed by atoms with Gasteiger partial charge in [-0.05, 0) is 17.7 Å². The standard InChI is InChI=1S/C9H12ClNO3S/c1-11(15(10,12)13)7-8-4-3-5-9(6-8)14-2/h3-6H,7H2,1-2H3. The molecule has 0 saturated heterocycles. The SMILES string of the molecule is COc1cccc(CN(C)S(=O)(=O)Cl)c1. The molecule has 15 heavy (non-hydrogen) atoms. The van der Waals surface area contributed by atoms with Crippen LogP contribution < -0.4 is 4.74 Å². The molecule has 1 rings (SSSR count). The molecule has 0 spiro atoms. The number of benzene rings is 1. The van der Waals surface area contributed by atoms with Gasteiger partial charge in [-0.15, -0.1) is 0 Å². The van der Waals surface area contributed by atoms with Crippen LogP contribution in [-0.4, -0.2) is 26.9 Å². The Kier molecular flexibility index (Phi) is 3.96.